The van der Waals surface area contributed by atoms with Gasteiger partial charge in [0.15, 0.2) is 5.69 Å². The van der Waals surface area contributed by atoms with E-state index >= 15 is 0 Å². The zero-order valence-electron chi connectivity index (χ0n) is 14.5. The van der Waals surface area contributed by atoms with E-state index in [9.17, 15) is 26.3 Å². The number of rotatable bonds is 4. The van der Waals surface area contributed by atoms with E-state index in [-0.39, 0.29) is 5.69 Å². The summed E-state index contributed by atoms with van der Waals surface area (Å²) in [4.78, 5) is 0.351. The molecule has 0 atom stereocenters. The summed E-state index contributed by atoms with van der Waals surface area (Å²) in [5.74, 6) is -1.08. The molecule has 0 bridgehead atoms. The van der Waals surface area contributed by atoms with Crippen LogP contribution in [0.3, 0.4) is 0 Å². The van der Waals surface area contributed by atoms with Crippen LogP contribution in [0.1, 0.15) is 11.3 Å². The van der Waals surface area contributed by atoms with Crippen LogP contribution in [0.25, 0.3) is 16.9 Å². The number of aryl methyl sites for hydroxylation is 1. The number of aromatic nitrogens is 2. The molecule has 3 rings (SSSR count). The van der Waals surface area contributed by atoms with E-state index in [1.807, 2.05) is 0 Å². The Bertz CT molecular complexity index is 961. The van der Waals surface area contributed by atoms with Crippen LogP contribution in [0.5, 0.6) is 0 Å². The van der Waals surface area contributed by atoms with Crippen LogP contribution in [-0.2, 0) is 6.18 Å². The van der Waals surface area contributed by atoms with Crippen molar-refractivity contribution in [2.45, 2.75) is 24.2 Å². The molecule has 3 aromatic rings. The van der Waals surface area contributed by atoms with E-state index in [0.717, 1.165) is 10.7 Å². The van der Waals surface area contributed by atoms with Gasteiger partial charge in [0.25, 0.3) is 0 Å². The Kier molecular flexibility index (Phi) is 5.47. The van der Waals surface area contributed by atoms with E-state index in [4.69, 9.17) is 0 Å². The topological polar surface area (TPSA) is 17.8 Å². The van der Waals surface area contributed by atoms with Crippen LogP contribution in [0, 0.1) is 6.92 Å². The summed E-state index contributed by atoms with van der Waals surface area (Å²) >= 11 is 0.600. The molecular weight excluding hydrogens is 402 g/mol. The molecule has 0 saturated carbocycles. The molecule has 0 aliphatic carbocycles. The van der Waals surface area contributed by atoms with Crippen molar-refractivity contribution in [1.29, 1.82) is 0 Å². The molecule has 1 aromatic heterocycles. The summed E-state index contributed by atoms with van der Waals surface area (Å²) in [5, 5.41) is 3.67. The Balaban J connectivity index is 2.09. The SMILES string of the molecule is Cc1ccc(-c2cc(C(F)(F)F)nn2-c2ccccc2)cc1SCC(F)(F)F. The minimum Gasteiger partial charge on any atom is -0.233 e. The summed E-state index contributed by atoms with van der Waals surface area (Å²) < 4.78 is 78.4. The van der Waals surface area contributed by atoms with E-state index in [2.05, 4.69) is 5.10 Å². The first-order valence-corrected chi connectivity index (χ1v) is 9.06. The number of hydrogen-bond acceptors (Lipinski definition) is 2. The molecule has 9 heteroatoms. The largest absolute Gasteiger partial charge is 0.435 e. The predicted octanol–water partition coefficient (Wildman–Crippen LogP) is 6.52. The first-order valence-electron chi connectivity index (χ1n) is 8.08. The lowest BCUT2D eigenvalue weighted by Crippen LogP contribution is -2.10. The molecule has 0 spiro atoms. The third-order valence-corrected chi connectivity index (χ3v) is 5.10. The van der Waals surface area contributed by atoms with Gasteiger partial charge >= 0.3 is 12.4 Å². The fraction of sp³-hybridized carbons (Fsp3) is 0.211. The lowest BCUT2D eigenvalue weighted by atomic mass is 10.1. The molecule has 0 saturated heterocycles. The summed E-state index contributed by atoms with van der Waals surface area (Å²) in [6.07, 6.45) is -8.99. The van der Waals surface area contributed by atoms with Crippen LogP contribution in [-0.4, -0.2) is 21.7 Å². The lowest BCUT2D eigenvalue weighted by molar-refractivity contribution is -0.141. The highest BCUT2D eigenvalue weighted by Gasteiger charge is 2.35. The van der Waals surface area contributed by atoms with Gasteiger partial charge in [-0.3, -0.25) is 0 Å². The summed E-state index contributed by atoms with van der Waals surface area (Å²) in [7, 11) is 0. The van der Waals surface area contributed by atoms with Crippen molar-refractivity contribution in [1.82, 2.24) is 9.78 Å². The molecule has 2 aromatic carbocycles. The Morgan fingerprint density at radius 2 is 1.61 bits per heavy atom. The Morgan fingerprint density at radius 3 is 2.21 bits per heavy atom. The fourth-order valence-electron chi connectivity index (χ4n) is 2.57. The monoisotopic (exact) mass is 416 g/mol. The molecule has 0 N–H and O–H groups in total. The van der Waals surface area contributed by atoms with Crippen molar-refractivity contribution in [3.8, 4) is 16.9 Å². The maximum Gasteiger partial charge on any atom is 0.435 e. The van der Waals surface area contributed by atoms with Gasteiger partial charge in [-0.1, -0.05) is 30.3 Å². The zero-order valence-corrected chi connectivity index (χ0v) is 15.3. The number of halogens is 6. The van der Waals surface area contributed by atoms with E-state index in [1.165, 1.54) is 6.07 Å². The maximum absolute atomic E-state index is 13.2. The van der Waals surface area contributed by atoms with Crippen molar-refractivity contribution >= 4 is 11.8 Å². The first-order chi connectivity index (χ1) is 13.0. The molecule has 2 nitrogen and oxygen atoms in total. The molecule has 0 fully saturated rings. The smallest absolute Gasteiger partial charge is 0.233 e. The zero-order chi connectivity index (χ0) is 20.5. The molecule has 0 aliphatic heterocycles. The number of alkyl halides is 6. The van der Waals surface area contributed by atoms with Gasteiger partial charge in [-0.15, -0.1) is 11.8 Å². The quantitative estimate of drug-likeness (QED) is 0.356. The number of nitrogens with zero attached hydrogens (tertiary/aromatic N) is 2. The molecule has 28 heavy (non-hydrogen) atoms. The number of hydrogen-bond donors (Lipinski definition) is 0. The molecule has 1 heterocycles. The van der Waals surface area contributed by atoms with Gasteiger partial charge in [0, 0.05) is 10.5 Å². The normalized spacial score (nSPS) is 12.4. The molecule has 0 unspecified atom stereocenters. The predicted molar refractivity (Wildman–Crippen MR) is 95.5 cm³/mol. The van der Waals surface area contributed by atoms with Crippen LogP contribution in [0.2, 0.25) is 0 Å². The minimum atomic E-state index is -4.65. The molecule has 0 radical (unpaired) electrons. The average molecular weight is 416 g/mol. The van der Waals surface area contributed by atoms with Crippen molar-refractivity contribution in [3.63, 3.8) is 0 Å². The van der Waals surface area contributed by atoms with Gasteiger partial charge in [0.05, 0.1) is 17.1 Å². The summed E-state index contributed by atoms with van der Waals surface area (Å²) in [6, 6.07) is 13.8. The molecular formula is C19H14F6N2S. The van der Waals surface area contributed by atoms with Gasteiger partial charge in [0.1, 0.15) is 0 Å². The van der Waals surface area contributed by atoms with Gasteiger partial charge in [0.2, 0.25) is 0 Å². The molecule has 0 amide bonds. The highest BCUT2D eigenvalue weighted by atomic mass is 32.2. The number of thioether (sulfide) groups is 1. The van der Waals surface area contributed by atoms with Crippen LogP contribution in [0.15, 0.2) is 59.5 Å². The van der Waals surface area contributed by atoms with Crippen molar-refractivity contribution in [3.05, 3.63) is 65.9 Å². The average Bonchev–Trinajstić information content (AvgIpc) is 3.07. The minimum absolute atomic E-state index is 0.146. The van der Waals surface area contributed by atoms with Crippen molar-refractivity contribution in [2.24, 2.45) is 0 Å². The highest BCUT2D eigenvalue weighted by molar-refractivity contribution is 7.99. The van der Waals surface area contributed by atoms with E-state index in [0.29, 0.717) is 33.5 Å². The third kappa shape index (κ3) is 4.70. The Labute approximate surface area is 161 Å². The Hall–Kier alpha value is -2.42. The maximum atomic E-state index is 13.2. The van der Waals surface area contributed by atoms with Gasteiger partial charge in [-0.05, 0) is 36.8 Å². The van der Waals surface area contributed by atoms with E-state index in [1.54, 1.807) is 49.4 Å². The van der Waals surface area contributed by atoms with Crippen molar-refractivity contribution < 1.29 is 26.3 Å². The first kappa shape index (κ1) is 20.3. The van der Waals surface area contributed by atoms with Crippen LogP contribution in [0.4, 0.5) is 26.3 Å². The highest BCUT2D eigenvalue weighted by Crippen LogP contribution is 2.36. The molecule has 148 valence electrons. The van der Waals surface area contributed by atoms with Gasteiger partial charge in [-0.25, -0.2) is 4.68 Å². The standard InChI is InChI=1S/C19H14F6N2S/c1-12-7-8-13(9-16(12)28-11-18(20,21)22)15-10-17(19(23,24)25)26-27(15)14-5-3-2-4-6-14/h2-10H,11H2,1H3. The molecule has 0 aliphatic rings. The lowest BCUT2D eigenvalue weighted by Gasteiger charge is -2.12. The second-order valence-electron chi connectivity index (χ2n) is 6.04. The van der Waals surface area contributed by atoms with Crippen LogP contribution >= 0.6 is 11.8 Å². The Morgan fingerprint density at radius 1 is 0.929 bits per heavy atom. The summed E-state index contributed by atoms with van der Waals surface area (Å²) in [5.41, 5.74) is 0.448. The van der Waals surface area contributed by atoms with Gasteiger partial charge < -0.3 is 0 Å². The van der Waals surface area contributed by atoms with Gasteiger partial charge in [-0.2, -0.15) is 31.4 Å². The second kappa shape index (κ2) is 7.54. The van der Waals surface area contributed by atoms with Crippen molar-refractivity contribution in [2.75, 3.05) is 5.75 Å². The fourth-order valence-corrected chi connectivity index (χ4v) is 3.39. The third-order valence-electron chi connectivity index (χ3n) is 3.88. The van der Waals surface area contributed by atoms with Crippen LogP contribution < -0.4 is 0 Å². The second-order valence-corrected chi connectivity index (χ2v) is 7.06. The van der Waals surface area contributed by atoms with E-state index < -0.39 is 23.8 Å². The summed E-state index contributed by atoms with van der Waals surface area (Å²) in [6.45, 7) is 1.65. The number of para-hydroxylation sites is 1. The number of benzene rings is 2.